The number of alkyl halides is 3. The molecule has 34 heavy (non-hydrogen) atoms. The molecule has 1 aliphatic heterocycles. The monoisotopic (exact) mass is 487 g/mol. The van der Waals surface area contributed by atoms with Gasteiger partial charge in [-0.1, -0.05) is 43.7 Å². The second kappa shape index (κ2) is 10.7. The number of hydrogen-bond donors (Lipinski definition) is 1. The van der Waals surface area contributed by atoms with Crippen LogP contribution >= 0.6 is 11.3 Å². The predicted octanol–water partition coefficient (Wildman–Crippen LogP) is 7.06. The summed E-state index contributed by atoms with van der Waals surface area (Å²) in [5, 5.41) is 5.59. The Bertz CT molecular complexity index is 1120. The first-order valence-corrected chi connectivity index (χ1v) is 12.5. The van der Waals surface area contributed by atoms with Gasteiger partial charge in [-0.05, 0) is 62.7 Å². The number of halogens is 3. The molecule has 0 unspecified atom stereocenters. The summed E-state index contributed by atoms with van der Waals surface area (Å²) in [4.78, 5) is 20.0. The fourth-order valence-electron chi connectivity index (χ4n) is 4.26. The molecule has 4 rings (SSSR count). The number of nitrogens with one attached hydrogen (secondary N) is 1. The highest BCUT2D eigenvalue weighted by atomic mass is 32.1. The summed E-state index contributed by atoms with van der Waals surface area (Å²) in [5.41, 5.74) is 0.977. The van der Waals surface area contributed by atoms with E-state index in [0.717, 1.165) is 49.6 Å². The summed E-state index contributed by atoms with van der Waals surface area (Å²) in [5.74, 6) is 0.00382. The van der Waals surface area contributed by atoms with E-state index in [0.29, 0.717) is 28.4 Å². The number of aromatic nitrogens is 1. The highest BCUT2D eigenvalue weighted by Gasteiger charge is 2.30. The van der Waals surface area contributed by atoms with E-state index in [9.17, 15) is 18.0 Å². The Morgan fingerprint density at radius 3 is 2.65 bits per heavy atom. The summed E-state index contributed by atoms with van der Waals surface area (Å²) >= 11 is 1.50. The first-order valence-electron chi connectivity index (χ1n) is 11.6. The second-order valence-corrected chi connectivity index (χ2v) is 9.51. The first-order chi connectivity index (χ1) is 16.3. The van der Waals surface area contributed by atoms with Crippen LogP contribution in [0, 0.1) is 0 Å². The van der Waals surface area contributed by atoms with Crippen molar-refractivity contribution in [3.05, 3.63) is 70.2 Å². The highest BCUT2D eigenvalue weighted by Crippen LogP contribution is 2.35. The summed E-state index contributed by atoms with van der Waals surface area (Å²) in [7, 11) is 0. The fourth-order valence-corrected chi connectivity index (χ4v) is 5.23. The van der Waals surface area contributed by atoms with Gasteiger partial charge in [0, 0.05) is 22.5 Å². The molecular formula is C26H28F3N3OS. The van der Waals surface area contributed by atoms with Crippen molar-refractivity contribution in [1.29, 1.82) is 0 Å². The average molecular weight is 488 g/mol. The Labute approximate surface area is 201 Å². The summed E-state index contributed by atoms with van der Waals surface area (Å²) in [6, 6.07) is 12.0. The van der Waals surface area contributed by atoms with Crippen molar-refractivity contribution in [3.8, 4) is 11.1 Å². The van der Waals surface area contributed by atoms with Crippen molar-refractivity contribution in [3.63, 3.8) is 0 Å². The van der Waals surface area contributed by atoms with Crippen molar-refractivity contribution in [2.24, 2.45) is 0 Å². The average Bonchev–Trinajstić information content (AvgIpc) is 3.34. The number of carbonyl (C=O) groups is 1. The fraction of sp³-hybridized carbons (Fsp3) is 0.385. The molecule has 1 amide bonds. The Balaban J connectivity index is 1.46. The molecule has 2 heterocycles. The Kier molecular flexibility index (Phi) is 7.68. The molecule has 1 saturated heterocycles. The smallest absolute Gasteiger partial charge is 0.320 e. The van der Waals surface area contributed by atoms with E-state index in [-0.39, 0.29) is 5.91 Å². The molecule has 3 aromatic rings. The van der Waals surface area contributed by atoms with E-state index in [1.165, 1.54) is 30.2 Å². The lowest BCUT2D eigenvalue weighted by Crippen LogP contribution is -2.33. The number of anilines is 1. The van der Waals surface area contributed by atoms with Gasteiger partial charge in [-0.25, -0.2) is 4.98 Å². The van der Waals surface area contributed by atoms with Crippen molar-refractivity contribution in [2.45, 2.75) is 44.7 Å². The number of para-hydroxylation sites is 1. The number of amides is 1. The topological polar surface area (TPSA) is 45.2 Å². The number of unbranched alkanes of at least 4 members (excludes halogenated alkanes) is 1. The second-order valence-electron chi connectivity index (χ2n) is 8.62. The quantitative estimate of drug-likeness (QED) is 0.388. The van der Waals surface area contributed by atoms with Crippen molar-refractivity contribution < 1.29 is 18.0 Å². The molecule has 0 aliphatic carbocycles. The number of piperidine rings is 1. The number of hydrogen-bond acceptors (Lipinski definition) is 4. The number of likely N-dealkylation sites (tertiary alicyclic amines) is 1. The lowest BCUT2D eigenvalue weighted by molar-refractivity contribution is -0.137. The normalized spacial score (nSPS) is 15.4. The van der Waals surface area contributed by atoms with Gasteiger partial charge in [0.05, 0.1) is 10.6 Å². The maximum absolute atomic E-state index is 13.2. The van der Waals surface area contributed by atoms with Gasteiger partial charge >= 0.3 is 6.18 Å². The highest BCUT2D eigenvalue weighted by molar-refractivity contribution is 7.10. The molecule has 0 bridgehead atoms. The van der Waals surface area contributed by atoms with Crippen LogP contribution in [0.25, 0.3) is 11.1 Å². The van der Waals surface area contributed by atoms with E-state index in [4.69, 9.17) is 0 Å². The van der Waals surface area contributed by atoms with Crippen LogP contribution < -0.4 is 5.32 Å². The van der Waals surface area contributed by atoms with Gasteiger partial charge in [-0.2, -0.15) is 13.2 Å². The molecule has 1 aliphatic rings. The molecule has 0 spiro atoms. The molecule has 180 valence electrons. The lowest BCUT2D eigenvalue weighted by Gasteiger charge is -2.30. The third-order valence-corrected chi connectivity index (χ3v) is 7.20. The Morgan fingerprint density at radius 1 is 1.15 bits per heavy atom. The molecule has 1 fully saturated rings. The number of thiazole rings is 1. The van der Waals surface area contributed by atoms with Gasteiger partial charge in [0.2, 0.25) is 0 Å². The van der Waals surface area contributed by atoms with Gasteiger partial charge < -0.3 is 10.2 Å². The number of nitrogens with zero attached hydrogens (tertiary/aromatic N) is 2. The maximum Gasteiger partial charge on any atom is 0.416 e. The molecule has 1 aromatic heterocycles. The molecule has 1 N–H and O–H groups in total. The number of benzene rings is 2. The largest absolute Gasteiger partial charge is 0.416 e. The molecule has 4 nitrogen and oxygen atoms in total. The third-order valence-electron chi connectivity index (χ3n) is 6.20. The van der Waals surface area contributed by atoms with E-state index in [1.54, 1.807) is 35.7 Å². The van der Waals surface area contributed by atoms with Crippen LogP contribution in [0.4, 0.5) is 18.9 Å². The third kappa shape index (κ3) is 5.85. The van der Waals surface area contributed by atoms with Crippen molar-refractivity contribution >= 4 is 22.9 Å². The Morgan fingerprint density at radius 2 is 1.91 bits per heavy atom. The van der Waals surface area contributed by atoms with E-state index < -0.39 is 11.7 Å². The van der Waals surface area contributed by atoms with Crippen molar-refractivity contribution in [2.75, 3.05) is 25.0 Å². The zero-order valence-electron chi connectivity index (χ0n) is 19.1. The van der Waals surface area contributed by atoms with Gasteiger partial charge in [0.1, 0.15) is 5.69 Å². The molecule has 0 atom stereocenters. The van der Waals surface area contributed by atoms with E-state index >= 15 is 0 Å². The van der Waals surface area contributed by atoms with Crippen LogP contribution in [0.15, 0.2) is 53.9 Å². The first kappa shape index (κ1) is 24.4. The predicted molar refractivity (Wildman–Crippen MR) is 130 cm³/mol. The zero-order chi connectivity index (χ0) is 24.1. The molecule has 2 aromatic carbocycles. The zero-order valence-corrected chi connectivity index (χ0v) is 19.9. The molecule has 8 heteroatoms. The van der Waals surface area contributed by atoms with Crippen LogP contribution in [0.5, 0.6) is 0 Å². The summed E-state index contributed by atoms with van der Waals surface area (Å²) in [6.45, 7) is 5.44. The van der Waals surface area contributed by atoms with Crippen molar-refractivity contribution in [1.82, 2.24) is 9.88 Å². The van der Waals surface area contributed by atoms with Crippen LogP contribution in [0.2, 0.25) is 0 Å². The Hall–Kier alpha value is -2.71. The maximum atomic E-state index is 13.2. The minimum atomic E-state index is -4.43. The van der Waals surface area contributed by atoms with Gasteiger partial charge in [0.15, 0.2) is 0 Å². The number of carbonyl (C=O) groups excluding carboxylic acids is 1. The molecular weight excluding hydrogens is 459 g/mol. The minimum Gasteiger partial charge on any atom is -0.320 e. The van der Waals surface area contributed by atoms with E-state index in [2.05, 4.69) is 22.1 Å². The van der Waals surface area contributed by atoms with E-state index in [1.807, 2.05) is 0 Å². The van der Waals surface area contributed by atoms with Crippen LogP contribution in [-0.2, 0) is 6.18 Å². The molecule has 0 saturated carbocycles. The molecule has 0 radical (unpaired) electrons. The van der Waals surface area contributed by atoms with Crippen LogP contribution in [-0.4, -0.2) is 35.4 Å². The van der Waals surface area contributed by atoms with Crippen LogP contribution in [0.3, 0.4) is 0 Å². The van der Waals surface area contributed by atoms with Gasteiger partial charge in [-0.15, -0.1) is 11.3 Å². The summed E-state index contributed by atoms with van der Waals surface area (Å²) in [6.07, 6.45) is 0.0562. The van der Waals surface area contributed by atoms with Gasteiger partial charge in [-0.3, -0.25) is 4.79 Å². The standard InChI is InChI=1S/C26H28F3N3OS/c1-2-3-13-32-14-11-18(12-15-32)25-31-23(17-34-25)24(33)30-22-10-5-4-9-21(22)19-7-6-8-20(16-19)26(27,28)29/h4-10,16-18H,2-3,11-15H2,1H3,(H,30,33). The summed E-state index contributed by atoms with van der Waals surface area (Å²) < 4.78 is 39.5. The lowest BCUT2D eigenvalue weighted by atomic mass is 9.97. The number of rotatable bonds is 7. The SMILES string of the molecule is CCCCN1CCC(c2nc(C(=O)Nc3ccccc3-c3cccc(C(F)(F)F)c3)cs2)CC1. The van der Waals surface area contributed by atoms with Crippen LogP contribution in [0.1, 0.15) is 59.6 Å². The minimum absolute atomic E-state index is 0.340. The van der Waals surface area contributed by atoms with Gasteiger partial charge in [0.25, 0.3) is 5.91 Å².